The van der Waals surface area contributed by atoms with E-state index in [9.17, 15) is 0 Å². The molecule has 0 bridgehead atoms. The summed E-state index contributed by atoms with van der Waals surface area (Å²) in [7, 11) is 3.76. The van der Waals surface area contributed by atoms with Crippen LogP contribution in [0.15, 0.2) is 29.2 Å². The summed E-state index contributed by atoms with van der Waals surface area (Å²) in [6, 6.07) is 8.95. The Kier molecular flexibility index (Phi) is 5.49. The van der Waals surface area contributed by atoms with E-state index in [2.05, 4.69) is 45.0 Å². The predicted molar refractivity (Wildman–Crippen MR) is 69.0 cm³/mol. The third kappa shape index (κ3) is 4.43. The van der Waals surface area contributed by atoms with E-state index in [0.717, 1.165) is 5.92 Å². The van der Waals surface area contributed by atoms with Crippen molar-refractivity contribution in [2.24, 2.45) is 5.92 Å². The van der Waals surface area contributed by atoms with E-state index in [1.165, 1.54) is 22.6 Å². The van der Waals surface area contributed by atoms with Crippen molar-refractivity contribution in [1.29, 1.82) is 0 Å². The average Bonchev–Trinajstić information content (AvgIpc) is 2.16. The summed E-state index contributed by atoms with van der Waals surface area (Å²) in [5.74, 6) is 1.91. The fraction of sp³-hybridized carbons (Fsp3) is 0.500. The maximum absolute atomic E-state index is 2.26. The van der Waals surface area contributed by atoms with Crippen LogP contribution in [-0.4, -0.2) is 5.75 Å². The summed E-state index contributed by atoms with van der Waals surface area (Å²) < 4.78 is 0. The summed E-state index contributed by atoms with van der Waals surface area (Å²) in [5.41, 5.74) is 1.45. The first-order valence-corrected chi connectivity index (χ1v) is 7.42. The molecule has 2 heteroatoms. The van der Waals surface area contributed by atoms with Gasteiger partial charge in [-0.2, -0.15) is 0 Å². The molecule has 14 heavy (non-hydrogen) atoms. The molecule has 0 nitrogen and oxygen atoms in total. The number of hydrogen-bond donors (Lipinski definition) is 0. The van der Waals surface area contributed by atoms with Crippen LogP contribution in [0.3, 0.4) is 0 Å². The van der Waals surface area contributed by atoms with Crippen molar-refractivity contribution in [2.45, 2.75) is 32.1 Å². The van der Waals surface area contributed by atoms with Gasteiger partial charge in [0.05, 0.1) is 0 Å². The zero-order valence-electron chi connectivity index (χ0n) is 9.12. The van der Waals surface area contributed by atoms with Crippen LogP contribution in [0.5, 0.6) is 0 Å². The Morgan fingerprint density at radius 2 is 1.79 bits per heavy atom. The maximum Gasteiger partial charge on any atom is 0.0182 e. The van der Waals surface area contributed by atoms with Gasteiger partial charge >= 0.3 is 0 Å². The molecule has 0 unspecified atom stereocenters. The van der Waals surface area contributed by atoms with E-state index in [1.54, 1.807) is 0 Å². The van der Waals surface area contributed by atoms with Gasteiger partial charge in [0.15, 0.2) is 0 Å². The van der Waals surface area contributed by atoms with Gasteiger partial charge < -0.3 is 0 Å². The quantitative estimate of drug-likeness (QED) is 0.671. The Bertz CT molecular complexity index is 252. The monoisotopic (exact) mass is 226 g/mol. The molecule has 0 N–H and O–H groups in total. The van der Waals surface area contributed by atoms with Crippen LogP contribution in [0.1, 0.15) is 26.3 Å². The highest BCUT2D eigenvalue weighted by Gasteiger charge is 1.98. The molecular formula is C12H18S2. The second-order valence-corrected chi connectivity index (χ2v) is 6.39. The molecule has 0 radical (unpaired) electrons. The van der Waals surface area contributed by atoms with Crippen LogP contribution in [-0.2, 0) is 6.42 Å². The minimum atomic E-state index is 0.749. The van der Waals surface area contributed by atoms with Gasteiger partial charge in [-0.1, -0.05) is 54.5 Å². The zero-order valence-corrected chi connectivity index (χ0v) is 10.8. The Morgan fingerprint density at radius 1 is 1.14 bits per heavy atom. The topological polar surface area (TPSA) is 0 Å². The highest BCUT2D eigenvalue weighted by atomic mass is 33.1. The molecule has 0 aliphatic carbocycles. The second kappa shape index (κ2) is 6.41. The summed E-state index contributed by atoms with van der Waals surface area (Å²) in [6.45, 7) is 6.70. The first-order chi connectivity index (χ1) is 6.72. The van der Waals surface area contributed by atoms with E-state index in [-0.39, 0.29) is 0 Å². The van der Waals surface area contributed by atoms with Crippen molar-refractivity contribution in [3.05, 3.63) is 29.8 Å². The molecule has 1 aromatic carbocycles. The van der Waals surface area contributed by atoms with E-state index in [1.807, 2.05) is 21.6 Å². The Labute approximate surface area is 95.3 Å². The van der Waals surface area contributed by atoms with Crippen molar-refractivity contribution in [1.82, 2.24) is 0 Å². The van der Waals surface area contributed by atoms with E-state index < -0.39 is 0 Å². The number of benzene rings is 1. The van der Waals surface area contributed by atoms with Crippen molar-refractivity contribution < 1.29 is 0 Å². The molecule has 0 saturated heterocycles. The van der Waals surface area contributed by atoms with Crippen molar-refractivity contribution >= 4 is 21.6 Å². The first-order valence-electron chi connectivity index (χ1n) is 5.10. The normalized spacial score (nSPS) is 10.9. The molecule has 1 aromatic rings. The number of rotatable bonds is 5. The molecule has 0 fully saturated rings. The molecule has 0 aliphatic heterocycles. The summed E-state index contributed by atoms with van der Waals surface area (Å²) >= 11 is 0. The van der Waals surface area contributed by atoms with Gasteiger partial charge in [0.2, 0.25) is 0 Å². The van der Waals surface area contributed by atoms with Crippen LogP contribution < -0.4 is 0 Å². The fourth-order valence-corrected chi connectivity index (χ4v) is 2.88. The van der Waals surface area contributed by atoms with Crippen LogP contribution in [0, 0.1) is 5.92 Å². The summed E-state index contributed by atoms with van der Waals surface area (Å²) in [4.78, 5) is 1.37. The summed E-state index contributed by atoms with van der Waals surface area (Å²) in [6.07, 6.45) is 1.19. The molecule has 1 rings (SSSR count). The van der Waals surface area contributed by atoms with Gasteiger partial charge in [-0.05, 0) is 30.0 Å². The van der Waals surface area contributed by atoms with Crippen LogP contribution in [0.4, 0.5) is 0 Å². The molecule has 0 amide bonds. The molecule has 0 heterocycles. The number of hydrogen-bond acceptors (Lipinski definition) is 2. The van der Waals surface area contributed by atoms with Gasteiger partial charge in [-0.15, -0.1) is 0 Å². The fourth-order valence-electron chi connectivity index (χ4n) is 1.28. The van der Waals surface area contributed by atoms with Gasteiger partial charge in [-0.3, -0.25) is 0 Å². The van der Waals surface area contributed by atoms with Crippen LogP contribution in [0.25, 0.3) is 0 Å². The average molecular weight is 226 g/mol. The molecule has 0 atom stereocenters. The predicted octanol–water partition coefficient (Wildman–Crippen LogP) is 4.65. The van der Waals surface area contributed by atoms with Gasteiger partial charge in [-0.25, -0.2) is 0 Å². The minimum absolute atomic E-state index is 0.749. The highest BCUT2D eigenvalue weighted by molar-refractivity contribution is 8.76. The maximum atomic E-state index is 2.26. The SMILES string of the molecule is CCSSc1ccc(CC(C)C)cc1. The van der Waals surface area contributed by atoms with Gasteiger partial charge in [0.1, 0.15) is 0 Å². The first kappa shape index (κ1) is 12.0. The van der Waals surface area contributed by atoms with E-state index in [4.69, 9.17) is 0 Å². The van der Waals surface area contributed by atoms with E-state index >= 15 is 0 Å². The lowest BCUT2D eigenvalue weighted by Gasteiger charge is -2.05. The molecule has 0 aromatic heterocycles. The van der Waals surface area contributed by atoms with E-state index in [0.29, 0.717) is 0 Å². The standard InChI is InChI=1S/C12H18S2/c1-4-13-14-12-7-5-11(6-8-12)9-10(2)3/h5-8,10H,4,9H2,1-3H3. The molecular weight excluding hydrogens is 208 g/mol. The lowest BCUT2D eigenvalue weighted by molar-refractivity contribution is 0.647. The third-order valence-electron chi connectivity index (χ3n) is 1.84. The minimum Gasteiger partial charge on any atom is -0.0892 e. The smallest absolute Gasteiger partial charge is 0.0182 e. The Morgan fingerprint density at radius 3 is 2.29 bits per heavy atom. The molecule has 0 aliphatic rings. The lowest BCUT2D eigenvalue weighted by atomic mass is 10.0. The zero-order chi connectivity index (χ0) is 10.4. The largest absolute Gasteiger partial charge is 0.0892 e. The Balaban J connectivity index is 2.50. The van der Waals surface area contributed by atoms with Crippen molar-refractivity contribution in [3.63, 3.8) is 0 Å². The summed E-state index contributed by atoms with van der Waals surface area (Å²) in [5, 5.41) is 0. The van der Waals surface area contributed by atoms with Crippen molar-refractivity contribution in [3.8, 4) is 0 Å². The van der Waals surface area contributed by atoms with Crippen LogP contribution >= 0.6 is 21.6 Å². The van der Waals surface area contributed by atoms with Gasteiger partial charge in [0, 0.05) is 10.6 Å². The van der Waals surface area contributed by atoms with Gasteiger partial charge in [0.25, 0.3) is 0 Å². The Hall–Kier alpha value is -0.0800. The highest BCUT2D eigenvalue weighted by Crippen LogP contribution is 2.30. The van der Waals surface area contributed by atoms with Crippen LogP contribution in [0.2, 0.25) is 0 Å². The third-order valence-corrected chi connectivity index (χ3v) is 4.30. The molecule has 0 saturated carbocycles. The molecule has 78 valence electrons. The second-order valence-electron chi connectivity index (χ2n) is 3.73. The van der Waals surface area contributed by atoms with Crippen molar-refractivity contribution in [2.75, 3.05) is 5.75 Å². The lowest BCUT2D eigenvalue weighted by Crippen LogP contribution is -1.92. The molecule has 0 spiro atoms.